The lowest BCUT2D eigenvalue weighted by molar-refractivity contribution is 0.0696. The van der Waals surface area contributed by atoms with E-state index in [2.05, 4.69) is 5.32 Å². The molecule has 6 nitrogen and oxygen atoms in total. The molecule has 2 N–H and O–H groups in total. The number of carboxylic acids is 1. The zero-order valence-electron chi connectivity index (χ0n) is 17.9. The lowest BCUT2D eigenvalue weighted by Crippen LogP contribution is -2.13. The highest BCUT2D eigenvalue weighted by Gasteiger charge is 2.13. The largest absolute Gasteiger partial charge is 0.478 e. The molecular formula is C26H21NO5. The van der Waals surface area contributed by atoms with Crippen molar-refractivity contribution in [1.82, 2.24) is 0 Å². The Morgan fingerprint density at radius 3 is 2.22 bits per heavy atom. The summed E-state index contributed by atoms with van der Waals surface area (Å²) in [7, 11) is 0. The second kappa shape index (κ2) is 8.15. The summed E-state index contributed by atoms with van der Waals surface area (Å²) in [4.78, 5) is 36.5. The second-order valence-electron chi connectivity index (χ2n) is 7.80. The van der Waals surface area contributed by atoms with Gasteiger partial charge >= 0.3 is 5.97 Å². The van der Waals surface area contributed by atoms with Gasteiger partial charge in [0.1, 0.15) is 11.3 Å². The number of amides is 1. The normalized spacial score (nSPS) is 10.8. The van der Waals surface area contributed by atoms with Crippen molar-refractivity contribution < 1.29 is 19.1 Å². The van der Waals surface area contributed by atoms with Gasteiger partial charge in [-0.15, -0.1) is 0 Å². The number of hydrogen-bond acceptors (Lipinski definition) is 4. The first kappa shape index (κ1) is 21.1. The summed E-state index contributed by atoms with van der Waals surface area (Å²) in [5.74, 6) is -1.01. The van der Waals surface area contributed by atoms with Crippen molar-refractivity contribution >= 4 is 28.5 Å². The number of carbonyl (C=O) groups is 2. The molecule has 1 aromatic heterocycles. The van der Waals surface area contributed by atoms with Gasteiger partial charge in [0.25, 0.3) is 5.91 Å². The number of fused-ring (bicyclic) bond motifs is 1. The van der Waals surface area contributed by atoms with Crippen LogP contribution in [0.2, 0.25) is 0 Å². The van der Waals surface area contributed by atoms with Crippen LogP contribution in [0.25, 0.3) is 22.3 Å². The third kappa shape index (κ3) is 4.03. The zero-order chi connectivity index (χ0) is 23.0. The van der Waals surface area contributed by atoms with E-state index in [1.54, 1.807) is 37.3 Å². The van der Waals surface area contributed by atoms with Gasteiger partial charge in [0, 0.05) is 22.9 Å². The van der Waals surface area contributed by atoms with E-state index in [0.717, 1.165) is 16.7 Å². The van der Waals surface area contributed by atoms with Gasteiger partial charge in [-0.05, 0) is 67.8 Å². The molecule has 0 spiro atoms. The maximum atomic E-state index is 12.7. The van der Waals surface area contributed by atoms with Gasteiger partial charge in [-0.1, -0.05) is 24.3 Å². The van der Waals surface area contributed by atoms with Crippen LogP contribution < -0.4 is 10.7 Å². The summed E-state index contributed by atoms with van der Waals surface area (Å²) in [6, 6.07) is 16.5. The summed E-state index contributed by atoms with van der Waals surface area (Å²) in [6.45, 7) is 5.62. The maximum Gasteiger partial charge on any atom is 0.335 e. The average molecular weight is 427 g/mol. The van der Waals surface area contributed by atoms with Gasteiger partial charge in [-0.25, -0.2) is 4.79 Å². The number of rotatable bonds is 4. The molecule has 0 fully saturated rings. The number of aryl methyl sites for hydroxylation is 3. The van der Waals surface area contributed by atoms with Crippen LogP contribution in [-0.2, 0) is 0 Å². The summed E-state index contributed by atoms with van der Waals surface area (Å²) >= 11 is 0. The number of nitrogens with one attached hydrogen (secondary N) is 1. The molecule has 0 aliphatic rings. The summed E-state index contributed by atoms with van der Waals surface area (Å²) in [5.41, 5.74) is 4.65. The minimum atomic E-state index is -1.06. The van der Waals surface area contributed by atoms with Gasteiger partial charge in [0.15, 0.2) is 5.43 Å². The van der Waals surface area contributed by atoms with Gasteiger partial charge < -0.3 is 14.8 Å². The van der Waals surface area contributed by atoms with Crippen LogP contribution >= 0.6 is 0 Å². The van der Waals surface area contributed by atoms with Crippen molar-refractivity contribution in [1.29, 1.82) is 0 Å². The van der Waals surface area contributed by atoms with E-state index in [4.69, 9.17) is 9.52 Å². The predicted molar refractivity (Wildman–Crippen MR) is 123 cm³/mol. The topological polar surface area (TPSA) is 96.6 Å². The first-order chi connectivity index (χ1) is 15.2. The van der Waals surface area contributed by atoms with E-state index >= 15 is 0 Å². The summed E-state index contributed by atoms with van der Waals surface area (Å²) in [5, 5.41) is 12.5. The molecule has 0 bridgehead atoms. The highest BCUT2D eigenvalue weighted by atomic mass is 16.4. The number of carbonyl (C=O) groups excluding carboxylic acids is 1. The van der Waals surface area contributed by atoms with Crippen LogP contribution in [0.3, 0.4) is 0 Å². The first-order valence-electron chi connectivity index (χ1n) is 10.0. The first-order valence-corrected chi connectivity index (χ1v) is 10.0. The molecule has 0 unspecified atom stereocenters. The molecule has 1 heterocycles. The molecule has 6 heteroatoms. The molecule has 0 aliphatic heterocycles. The molecule has 0 saturated heterocycles. The van der Waals surface area contributed by atoms with Gasteiger partial charge in [-0.3, -0.25) is 9.59 Å². The molecule has 32 heavy (non-hydrogen) atoms. The number of benzene rings is 3. The highest BCUT2D eigenvalue weighted by Crippen LogP contribution is 2.26. The SMILES string of the molecule is Cc1cc(C)c2oc(-c3ccc(C(=O)Nc4cc(C(=O)O)ccc4C)cc3)cc(=O)c2c1. The van der Waals surface area contributed by atoms with Crippen molar-refractivity contribution in [2.45, 2.75) is 20.8 Å². The lowest BCUT2D eigenvalue weighted by atomic mass is 10.0. The van der Waals surface area contributed by atoms with Gasteiger partial charge in [0.2, 0.25) is 0 Å². The van der Waals surface area contributed by atoms with Crippen LogP contribution in [0.15, 0.2) is 69.9 Å². The number of hydrogen-bond donors (Lipinski definition) is 2. The molecule has 0 aliphatic carbocycles. The van der Waals surface area contributed by atoms with E-state index in [1.807, 2.05) is 26.0 Å². The Kier molecular flexibility index (Phi) is 5.36. The van der Waals surface area contributed by atoms with Crippen LogP contribution in [0, 0.1) is 20.8 Å². The van der Waals surface area contributed by atoms with Crippen molar-refractivity contribution in [2.24, 2.45) is 0 Å². The molecule has 3 aromatic carbocycles. The Labute approximate surface area is 184 Å². The molecule has 4 aromatic rings. The van der Waals surface area contributed by atoms with Crippen LogP contribution in [0.4, 0.5) is 5.69 Å². The fourth-order valence-electron chi connectivity index (χ4n) is 3.62. The smallest absolute Gasteiger partial charge is 0.335 e. The quantitative estimate of drug-likeness (QED) is 0.458. The van der Waals surface area contributed by atoms with E-state index in [9.17, 15) is 14.4 Å². The fourth-order valence-corrected chi connectivity index (χ4v) is 3.62. The molecule has 1 amide bonds. The third-order valence-corrected chi connectivity index (χ3v) is 5.32. The Morgan fingerprint density at radius 2 is 1.53 bits per heavy atom. The van der Waals surface area contributed by atoms with Gasteiger partial charge in [0.05, 0.1) is 10.9 Å². The number of aromatic carboxylic acids is 1. The predicted octanol–water partition coefficient (Wildman–Crippen LogP) is 5.34. The van der Waals surface area contributed by atoms with E-state index in [0.29, 0.717) is 33.5 Å². The molecule has 4 rings (SSSR count). The minimum absolute atomic E-state index is 0.0954. The summed E-state index contributed by atoms with van der Waals surface area (Å²) in [6.07, 6.45) is 0. The standard InChI is InChI=1S/C26H21NO5/c1-14-10-16(3)24-20(11-14)22(28)13-23(32-24)17-6-8-18(9-7-17)25(29)27-21-12-19(26(30)31)5-4-15(21)2/h4-13H,1-3H3,(H,27,29)(H,30,31). The molecular weight excluding hydrogens is 406 g/mol. The maximum absolute atomic E-state index is 12.7. The molecule has 0 radical (unpaired) electrons. The van der Waals surface area contributed by atoms with Crippen molar-refractivity contribution in [3.8, 4) is 11.3 Å². The highest BCUT2D eigenvalue weighted by molar-refractivity contribution is 6.05. The third-order valence-electron chi connectivity index (χ3n) is 5.32. The van der Waals surface area contributed by atoms with Gasteiger partial charge in [-0.2, -0.15) is 0 Å². The Hall–Kier alpha value is -4.19. The summed E-state index contributed by atoms with van der Waals surface area (Å²) < 4.78 is 6.01. The number of anilines is 1. The second-order valence-corrected chi connectivity index (χ2v) is 7.80. The molecule has 0 saturated carbocycles. The van der Waals surface area contributed by atoms with Crippen LogP contribution in [0.1, 0.15) is 37.4 Å². The molecule has 160 valence electrons. The lowest BCUT2D eigenvalue weighted by Gasteiger charge is -2.10. The van der Waals surface area contributed by atoms with E-state index in [-0.39, 0.29) is 16.9 Å². The zero-order valence-corrected chi connectivity index (χ0v) is 17.9. The Morgan fingerprint density at radius 1 is 0.844 bits per heavy atom. The van der Waals surface area contributed by atoms with Crippen LogP contribution in [0.5, 0.6) is 0 Å². The van der Waals surface area contributed by atoms with E-state index in [1.165, 1.54) is 18.2 Å². The van der Waals surface area contributed by atoms with Crippen molar-refractivity contribution in [2.75, 3.05) is 5.32 Å². The Balaban J connectivity index is 1.63. The molecule has 0 atom stereocenters. The van der Waals surface area contributed by atoms with E-state index < -0.39 is 5.97 Å². The minimum Gasteiger partial charge on any atom is -0.478 e. The number of carboxylic acid groups (broad SMARTS) is 1. The van der Waals surface area contributed by atoms with Crippen molar-refractivity contribution in [3.05, 3.63) is 98.7 Å². The average Bonchev–Trinajstić information content (AvgIpc) is 2.75. The monoisotopic (exact) mass is 427 g/mol. The fraction of sp³-hybridized carbons (Fsp3) is 0.115. The Bertz CT molecular complexity index is 1430. The van der Waals surface area contributed by atoms with Crippen LogP contribution in [-0.4, -0.2) is 17.0 Å². The van der Waals surface area contributed by atoms with Crippen molar-refractivity contribution in [3.63, 3.8) is 0 Å².